The molecule has 7 nitrogen and oxygen atoms in total. The average Bonchev–Trinajstić information content (AvgIpc) is 2.66. The number of benzene rings is 1. The van der Waals surface area contributed by atoms with Gasteiger partial charge in [0.05, 0.1) is 12.8 Å². The summed E-state index contributed by atoms with van der Waals surface area (Å²) in [6.07, 6.45) is 1.85. The summed E-state index contributed by atoms with van der Waals surface area (Å²) < 4.78 is 52.2. The minimum atomic E-state index is -3.23. The predicted octanol–water partition coefficient (Wildman–Crippen LogP) is 1.55. The summed E-state index contributed by atoms with van der Waals surface area (Å²) in [4.78, 5) is 8.83. The molecule has 164 valence electrons. The Morgan fingerprint density at radius 1 is 1.21 bits per heavy atom. The van der Waals surface area contributed by atoms with E-state index < -0.39 is 21.7 Å². The molecule has 1 aromatic carbocycles. The molecule has 1 heterocycles. The molecule has 1 saturated heterocycles. The maximum absolute atomic E-state index is 14.2. The molecule has 29 heavy (non-hydrogen) atoms. The van der Waals surface area contributed by atoms with Crippen molar-refractivity contribution in [2.24, 2.45) is 4.99 Å². The van der Waals surface area contributed by atoms with Gasteiger partial charge >= 0.3 is 0 Å². The van der Waals surface area contributed by atoms with Crippen LogP contribution in [0.3, 0.4) is 0 Å². The van der Waals surface area contributed by atoms with E-state index in [4.69, 9.17) is 0 Å². The number of hydrogen-bond acceptors (Lipinski definition) is 4. The molecule has 1 atom stereocenters. The minimum Gasteiger partial charge on any atom is -0.357 e. The van der Waals surface area contributed by atoms with Crippen LogP contribution in [0.1, 0.15) is 31.9 Å². The molecule has 0 aromatic heterocycles. The van der Waals surface area contributed by atoms with Gasteiger partial charge in [0.15, 0.2) is 5.96 Å². The van der Waals surface area contributed by atoms with Crippen LogP contribution in [-0.2, 0) is 10.0 Å². The van der Waals surface area contributed by atoms with Gasteiger partial charge in [-0.2, -0.15) is 0 Å². The van der Waals surface area contributed by atoms with Crippen LogP contribution in [-0.4, -0.2) is 76.2 Å². The van der Waals surface area contributed by atoms with Gasteiger partial charge in [-0.25, -0.2) is 21.9 Å². The molecule has 1 aliphatic heterocycles. The number of nitrogens with zero attached hydrogens (tertiary/aromatic N) is 3. The van der Waals surface area contributed by atoms with Gasteiger partial charge in [-0.15, -0.1) is 0 Å². The standard InChI is InChI=1S/C19H31F2N5O2S/c1-4-18(16-7-6-15(20)14-17(16)21)25-10-12-26(13-11-25)19(22-5-2)23-8-9-24-29(3,27)28/h6-7,14,18,24H,4-5,8-13H2,1-3H3,(H,22,23). The van der Waals surface area contributed by atoms with Gasteiger partial charge in [-0.05, 0) is 19.4 Å². The Morgan fingerprint density at radius 2 is 1.90 bits per heavy atom. The fraction of sp³-hybridized carbons (Fsp3) is 0.632. The van der Waals surface area contributed by atoms with Gasteiger partial charge in [0.25, 0.3) is 0 Å². The van der Waals surface area contributed by atoms with E-state index in [9.17, 15) is 17.2 Å². The molecule has 0 bridgehead atoms. The van der Waals surface area contributed by atoms with Crippen molar-refractivity contribution in [3.8, 4) is 0 Å². The molecule has 0 saturated carbocycles. The summed E-state index contributed by atoms with van der Waals surface area (Å²) in [6.45, 7) is 8.14. The molecule has 1 aromatic rings. The third-order valence-electron chi connectivity index (χ3n) is 4.84. The Hall–Kier alpha value is -1.78. The summed E-state index contributed by atoms with van der Waals surface area (Å²) in [6, 6.07) is 3.68. The number of piperazine rings is 1. The normalized spacial score (nSPS) is 17.4. The summed E-state index contributed by atoms with van der Waals surface area (Å²) in [5.74, 6) is -0.334. The smallest absolute Gasteiger partial charge is 0.208 e. The van der Waals surface area contributed by atoms with Crippen molar-refractivity contribution in [2.45, 2.75) is 26.3 Å². The fourth-order valence-electron chi connectivity index (χ4n) is 3.51. The van der Waals surface area contributed by atoms with Gasteiger partial charge in [0.2, 0.25) is 10.0 Å². The van der Waals surface area contributed by atoms with Crippen molar-refractivity contribution in [1.29, 1.82) is 0 Å². The van der Waals surface area contributed by atoms with Crippen molar-refractivity contribution in [3.05, 3.63) is 35.4 Å². The van der Waals surface area contributed by atoms with Gasteiger partial charge < -0.3 is 10.2 Å². The first-order chi connectivity index (χ1) is 13.7. The zero-order valence-electron chi connectivity index (χ0n) is 17.3. The lowest BCUT2D eigenvalue weighted by molar-refractivity contribution is 0.124. The molecule has 1 fully saturated rings. The van der Waals surface area contributed by atoms with Crippen LogP contribution in [0.15, 0.2) is 23.2 Å². The van der Waals surface area contributed by atoms with E-state index in [-0.39, 0.29) is 12.6 Å². The molecule has 0 aliphatic carbocycles. The summed E-state index contributed by atoms with van der Waals surface area (Å²) in [7, 11) is -3.23. The minimum absolute atomic E-state index is 0.101. The van der Waals surface area contributed by atoms with Gasteiger partial charge in [-0.3, -0.25) is 9.89 Å². The molecule has 0 radical (unpaired) electrons. The zero-order chi connectivity index (χ0) is 21.4. The predicted molar refractivity (Wildman–Crippen MR) is 111 cm³/mol. The van der Waals surface area contributed by atoms with Crippen molar-refractivity contribution in [3.63, 3.8) is 0 Å². The van der Waals surface area contributed by atoms with E-state index in [0.717, 1.165) is 37.8 Å². The highest BCUT2D eigenvalue weighted by molar-refractivity contribution is 7.88. The molecule has 0 amide bonds. The van der Waals surface area contributed by atoms with Crippen LogP contribution in [0.5, 0.6) is 0 Å². The average molecular weight is 432 g/mol. The number of rotatable bonds is 8. The second-order valence-electron chi connectivity index (χ2n) is 7.02. The van der Waals surface area contributed by atoms with Crippen LogP contribution in [0.4, 0.5) is 8.78 Å². The molecule has 1 unspecified atom stereocenters. The first-order valence-corrected chi connectivity index (χ1v) is 11.8. The first-order valence-electron chi connectivity index (χ1n) is 9.92. The molecule has 2 N–H and O–H groups in total. The van der Waals surface area contributed by atoms with Crippen LogP contribution in [0.25, 0.3) is 0 Å². The van der Waals surface area contributed by atoms with Gasteiger partial charge in [0, 0.05) is 56.9 Å². The Morgan fingerprint density at radius 3 is 2.45 bits per heavy atom. The van der Waals surface area contributed by atoms with Crippen LogP contribution < -0.4 is 10.0 Å². The fourth-order valence-corrected chi connectivity index (χ4v) is 3.97. The molecule has 10 heteroatoms. The van der Waals surface area contributed by atoms with E-state index in [1.165, 1.54) is 12.1 Å². The second-order valence-corrected chi connectivity index (χ2v) is 8.85. The summed E-state index contributed by atoms with van der Waals surface area (Å²) in [5.41, 5.74) is 0.523. The topological polar surface area (TPSA) is 77.0 Å². The number of guanidine groups is 1. The first kappa shape index (κ1) is 23.5. The molecule has 2 rings (SSSR count). The Balaban J connectivity index is 1.98. The van der Waals surface area contributed by atoms with E-state index in [0.29, 0.717) is 31.7 Å². The highest BCUT2D eigenvalue weighted by Gasteiger charge is 2.27. The maximum atomic E-state index is 14.2. The lowest BCUT2D eigenvalue weighted by atomic mass is 10.0. The lowest BCUT2D eigenvalue weighted by Gasteiger charge is -2.40. The monoisotopic (exact) mass is 431 g/mol. The summed E-state index contributed by atoms with van der Waals surface area (Å²) >= 11 is 0. The quantitative estimate of drug-likeness (QED) is 0.371. The van der Waals surface area contributed by atoms with Crippen LogP contribution in [0, 0.1) is 11.6 Å². The Kier molecular flexibility index (Phi) is 8.79. The van der Waals surface area contributed by atoms with E-state index in [1.807, 2.05) is 13.8 Å². The van der Waals surface area contributed by atoms with Crippen molar-refractivity contribution < 1.29 is 17.2 Å². The van der Waals surface area contributed by atoms with Gasteiger partial charge in [0.1, 0.15) is 11.6 Å². The molecule has 0 spiro atoms. The third kappa shape index (κ3) is 7.20. The number of halogens is 2. The molecular weight excluding hydrogens is 400 g/mol. The van der Waals surface area contributed by atoms with Crippen molar-refractivity contribution in [1.82, 2.24) is 19.8 Å². The highest BCUT2D eigenvalue weighted by Crippen LogP contribution is 2.28. The van der Waals surface area contributed by atoms with E-state index in [1.54, 1.807) is 0 Å². The number of nitrogens with one attached hydrogen (secondary N) is 2. The molecule has 1 aliphatic rings. The Bertz CT molecular complexity index is 796. The maximum Gasteiger partial charge on any atom is 0.208 e. The van der Waals surface area contributed by atoms with Crippen molar-refractivity contribution in [2.75, 3.05) is 52.1 Å². The zero-order valence-corrected chi connectivity index (χ0v) is 18.1. The highest BCUT2D eigenvalue weighted by atomic mass is 32.2. The SMILES string of the molecule is CCNC(=NCCNS(C)(=O)=O)N1CCN(C(CC)c2ccc(F)cc2F)CC1. The second kappa shape index (κ2) is 10.8. The number of aliphatic imine (C=N–C) groups is 1. The Labute approximate surface area is 172 Å². The number of hydrogen-bond donors (Lipinski definition) is 2. The van der Waals surface area contributed by atoms with Gasteiger partial charge in [-0.1, -0.05) is 13.0 Å². The van der Waals surface area contributed by atoms with E-state index >= 15 is 0 Å². The third-order valence-corrected chi connectivity index (χ3v) is 5.56. The number of sulfonamides is 1. The lowest BCUT2D eigenvalue weighted by Crippen LogP contribution is -2.53. The largest absolute Gasteiger partial charge is 0.357 e. The van der Waals surface area contributed by atoms with Crippen molar-refractivity contribution >= 4 is 16.0 Å². The summed E-state index contributed by atoms with van der Waals surface area (Å²) in [5, 5.41) is 3.23. The van der Waals surface area contributed by atoms with Crippen LogP contribution in [0.2, 0.25) is 0 Å². The van der Waals surface area contributed by atoms with Crippen LogP contribution >= 0.6 is 0 Å². The molecular formula is C19H31F2N5O2S. The van der Waals surface area contributed by atoms with E-state index in [2.05, 4.69) is 24.8 Å².